The van der Waals surface area contributed by atoms with Crippen LogP contribution in [0.2, 0.25) is 0 Å². The fourth-order valence-corrected chi connectivity index (χ4v) is 3.31. The molecule has 96 valence electrons. The molecule has 0 unspecified atom stereocenters. The van der Waals surface area contributed by atoms with Crippen LogP contribution < -0.4 is 0 Å². The lowest BCUT2D eigenvalue weighted by Gasteiger charge is -2.16. The van der Waals surface area contributed by atoms with E-state index in [9.17, 15) is 0 Å². The summed E-state index contributed by atoms with van der Waals surface area (Å²) in [6.07, 6.45) is 5.53. The minimum absolute atomic E-state index is 1.04. The molecule has 0 saturated heterocycles. The summed E-state index contributed by atoms with van der Waals surface area (Å²) in [6, 6.07) is 8.90. The van der Waals surface area contributed by atoms with Crippen LogP contribution in [0.3, 0.4) is 0 Å². The highest BCUT2D eigenvalue weighted by molar-refractivity contribution is 9.10. The van der Waals surface area contributed by atoms with Gasteiger partial charge in [0.25, 0.3) is 0 Å². The van der Waals surface area contributed by atoms with Gasteiger partial charge in [0.2, 0.25) is 0 Å². The van der Waals surface area contributed by atoms with Crippen LogP contribution >= 0.6 is 15.9 Å². The third kappa shape index (κ3) is 1.97. The number of benzene rings is 2. The molecule has 1 aliphatic carbocycles. The molecule has 2 aromatic carbocycles. The maximum Gasteiger partial charge on any atom is 0.0280 e. The molecule has 0 heterocycles. The van der Waals surface area contributed by atoms with Crippen LogP contribution in [0.25, 0.3) is 17.2 Å². The normalized spacial score (nSPS) is 12.8. The van der Waals surface area contributed by atoms with E-state index in [0.29, 0.717) is 0 Å². The Bertz CT molecular complexity index is 693. The second-order valence-electron chi connectivity index (χ2n) is 5.30. The number of halogens is 1. The van der Waals surface area contributed by atoms with Gasteiger partial charge in [-0.3, -0.25) is 0 Å². The van der Waals surface area contributed by atoms with Crippen molar-refractivity contribution in [2.75, 3.05) is 0 Å². The van der Waals surface area contributed by atoms with Gasteiger partial charge in [-0.1, -0.05) is 30.4 Å². The quantitative estimate of drug-likeness (QED) is 0.642. The number of allylic oxidation sites excluding steroid dienone is 1. The van der Waals surface area contributed by atoms with Gasteiger partial charge in [-0.05, 0) is 88.1 Å². The lowest BCUT2D eigenvalue weighted by molar-refractivity contribution is 1.26. The maximum absolute atomic E-state index is 3.72. The summed E-state index contributed by atoms with van der Waals surface area (Å²) in [6.45, 7) is 6.57. The highest BCUT2D eigenvalue weighted by atomic mass is 79.9. The van der Waals surface area contributed by atoms with Crippen LogP contribution in [0, 0.1) is 20.8 Å². The first-order valence-electron chi connectivity index (χ1n) is 6.64. The molecule has 0 saturated carbocycles. The van der Waals surface area contributed by atoms with E-state index in [1.54, 1.807) is 0 Å². The van der Waals surface area contributed by atoms with E-state index in [-0.39, 0.29) is 0 Å². The van der Waals surface area contributed by atoms with Crippen molar-refractivity contribution in [3.05, 3.63) is 62.6 Å². The zero-order valence-electron chi connectivity index (χ0n) is 11.5. The molecule has 0 radical (unpaired) electrons. The van der Waals surface area contributed by atoms with Crippen LogP contribution in [0.15, 0.2) is 34.8 Å². The molecule has 1 heteroatoms. The summed E-state index contributed by atoms with van der Waals surface area (Å²) >= 11 is 3.72. The summed E-state index contributed by atoms with van der Waals surface area (Å²) in [5, 5.41) is 0. The molecule has 1 aliphatic rings. The number of fused-ring (bicyclic) bond motifs is 1. The van der Waals surface area contributed by atoms with Gasteiger partial charge in [0.05, 0.1) is 0 Å². The van der Waals surface area contributed by atoms with Crippen LogP contribution in [0.5, 0.6) is 0 Å². The smallest absolute Gasteiger partial charge is 0.0280 e. The van der Waals surface area contributed by atoms with Gasteiger partial charge in [-0.15, -0.1) is 0 Å². The van der Waals surface area contributed by atoms with Gasteiger partial charge >= 0.3 is 0 Å². The van der Waals surface area contributed by atoms with Gasteiger partial charge in [0, 0.05) is 4.47 Å². The number of hydrogen-bond donors (Lipinski definition) is 0. The Morgan fingerprint density at radius 2 is 1.79 bits per heavy atom. The second-order valence-corrected chi connectivity index (χ2v) is 6.09. The summed E-state index contributed by atoms with van der Waals surface area (Å²) in [4.78, 5) is 0. The zero-order valence-corrected chi connectivity index (χ0v) is 13.1. The van der Waals surface area contributed by atoms with E-state index in [2.05, 4.69) is 73.1 Å². The fraction of sp³-hybridized carbons (Fsp3) is 0.222. The molecule has 0 nitrogen and oxygen atoms in total. The first-order chi connectivity index (χ1) is 9.09. The van der Waals surface area contributed by atoms with Crippen LogP contribution in [-0.4, -0.2) is 0 Å². The van der Waals surface area contributed by atoms with Crippen LogP contribution in [0.4, 0.5) is 0 Å². The molecule has 0 aliphatic heterocycles. The van der Waals surface area contributed by atoms with Gasteiger partial charge < -0.3 is 0 Å². The molecule has 19 heavy (non-hydrogen) atoms. The van der Waals surface area contributed by atoms with Gasteiger partial charge in [-0.25, -0.2) is 0 Å². The molecule has 0 bridgehead atoms. The molecule has 3 rings (SSSR count). The van der Waals surface area contributed by atoms with Gasteiger partial charge in [-0.2, -0.15) is 0 Å². The summed E-state index contributed by atoms with van der Waals surface area (Å²) < 4.78 is 1.24. The molecule has 0 atom stereocenters. The standard InChI is InChI=1S/C18H17Br/c1-11-6-4-7-14(13(11)3)17-10-12(2)18(19)16-9-5-8-15(16)17/h4-7,9-10H,8H2,1-3H3. The molecule has 0 aromatic heterocycles. The average molecular weight is 313 g/mol. The summed E-state index contributed by atoms with van der Waals surface area (Å²) in [5.74, 6) is 0. The first kappa shape index (κ1) is 12.7. The van der Waals surface area contributed by atoms with Gasteiger partial charge in [0.15, 0.2) is 0 Å². The second kappa shape index (κ2) is 4.64. The molecule has 0 spiro atoms. The van der Waals surface area contributed by atoms with Crippen molar-refractivity contribution in [3.8, 4) is 11.1 Å². The monoisotopic (exact) mass is 312 g/mol. The predicted octanol–water partition coefficient (Wildman–Crippen LogP) is 5.61. The number of rotatable bonds is 1. The van der Waals surface area contributed by atoms with Crippen molar-refractivity contribution in [2.45, 2.75) is 27.2 Å². The van der Waals surface area contributed by atoms with Crippen molar-refractivity contribution in [3.63, 3.8) is 0 Å². The minimum Gasteiger partial charge on any atom is -0.0794 e. The Balaban J connectivity index is 2.31. The largest absolute Gasteiger partial charge is 0.0794 e. The Morgan fingerprint density at radius 3 is 2.58 bits per heavy atom. The van der Waals surface area contributed by atoms with E-state index in [4.69, 9.17) is 0 Å². The molecule has 0 fully saturated rings. The Morgan fingerprint density at radius 1 is 1.00 bits per heavy atom. The van der Waals surface area contributed by atoms with Crippen molar-refractivity contribution in [1.82, 2.24) is 0 Å². The van der Waals surface area contributed by atoms with Crippen molar-refractivity contribution in [1.29, 1.82) is 0 Å². The fourth-order valence-electron chi connectivity index (χ4n) is 2.83. The highest BCUT2D eigenvalue weighted by Gasteiger charge is 2.17. The zero-order chi connectivity index (χ0) is 13.6. The third-order valence-electron chi connectivity index (χ3n) is 4.10. The van der Waals surface area contributed by atoms with Crippen LogP contribution in [-0.2, 0) is 6.42 Å². The molecular weight excluding hydrogens is 296 g/mol. The predicted molar refractivity (Wildman–Crippen MR) is 86.5 cm³/mol. The van der Waals surface area contributed by atoms with Crippen molar-refractivity contribution < 1.29 is 0 Å². The van der Waals surface area contributed by atoms with Crippen LogP contribution in [0.1, 0.15) is 27.8 Å². The first-order valence-corrected chi connectivity index (χ1v) is 7.44. The minimum atomic E-state index is 1.04. The van der Waals surface area contributed by atoms with E-state index < -0.39 is 0 Å². The topological polar surface area (TPSA) is 0 Å². The summed E-state index contributed by atoms with van der Waals surface area (Å²) in [5.41, 5.74) is 9.62. The number of aryl methyl sites for hydroxylation is 2. The highest BCUT2D eigenvalue weighted by Crippen LogP contribution is 2.39. The third-order valence-corrected chi connectivity index (χ3v) is 5.15. The molecule has 0 amide bonds. The van der Waals surface area contributed by atoms with Crippen molar-refractivity contribution in [2.24, 2.45) is 0 Å². The Labute approximate surface area is 123 Å². The summed E-state index contributed by atoms with van der Waals surface area (Å²) in [7, 11) is 0. The maximum atomic E-state index is 3.72. The Hall–Kier alpha value is -1.34. The molecule has 0 N–H and O–H groups in total. The van der Waals surface area contributed by atoms with E-state index in [1.807, 2.05) is 0 Å². The number of hydrogen-bond acceptors (Lipinski definition) is 0. The van der Waals surface area contributed by atoms with E-state index in [1.165, 1.54) is 43.4 Å². The van der Waals surface area contributed by atoms with E-state index in [0.717, 1.165) is 6.42 Å². The van der Waals surface area contributed by atoms with E-state index >= 15 is 0 Å². The SMILES string of the molecule is Cc1cccc(-c2cc(C)c(Br)c3c2CC=C3)c1C. The van der Waals surface area contributed by atoms with Gasteiger partial charge in [0.1, 0.15) is 0 Å². The lowest BCUT2D eigenvalue weighted by Crippen LogP contribution is -1.95. The lowest BCUT2D eigenvalue weighted by atomic mass is 9.90. The molecular formula is C18H17Br. The average Bonchev–Trinajstić information content (AvgIpc) is 2.87. The molecule has 2 aromatic rings. The Kier molecular flexibility index (Phi) is 3.10. The van der Waals surface area contributed by atoms with Crippen molar-refractivity contribution >= 4 is 22.0 Å².